The van der Waals surface area contributed by atoms with Gasteiger partial charge in [-0.3, -0.25) is 4.79 Å². The van der Waals surface area contributed by atoms with Gasteiger partial charge in [-0.25, -0.2) is 0 Å². The average Bonchev–Trinajstić information content (AvgIpc) is 2.16. The summed E-state index contributed by atoms with van der Waals surface area (Å²) in [6.07, 6.45) is 0.537. The second-order valence-electron chi connectivity index (χ2n) is 5.05. The molecule has 0 unspecified atom stereocenters. The Morgan fingerprint density at radius 1 is 1.25 bits per heavy atom. The molecule has 0 aliphatic rings. The van der Waals surface area contributed by atoms with Gasteiger partial charge in [0.2, 0.25) is 0 Å². The van der Waals surface area contributed by atoms with Gasteiger partial charge >= 0.3 is 0 Å². The van der Waals surface area contributed by atoms with Crippen LogP contribution < -0.4 is 0 Å². The quantitative estimate of drug-likeness (QED) is 0.708. The van der Waals surface area contributed by atoms with E-state index >= 15 is 0 Å². The molecule has 2 heteroatoms. The number of hydrogen-bond acceptors (Lipinski definition) is 2. The van der Waals surface area contributed by atoms with E-state index < -0.39 is 0 Å². The summed E-state index contributed by atoms with van der Waals surface area (Å²) in [5, 5.41) is 0. The lowest BCUT2D eigenvalue weighted by molar-refractivity contribution is 0.0933. The zero-order valence-corrected chi connectivity index (χ0v) is 10.5. The van der Waals surface area contributed by atoms with Crippen molar-refractivity contribution < 1.29 is 4.79 Å². The van der Waals surface area contributed by atoms with Gasteiger partial charge in [0.15, 0.2) is 5.78 Å². The van der Waals surface area contributed by atoms with Crippen LogP contribution >= 0.6 is 0 Å². The van der Waals surface area contributed by atoms with Gasteiger partial charge in [-0.1, -0.05) is 44.2 Å². The van der Waals surface area contributed by atoms with Crippen LogP contribution in [0.5, 0.6) is 0 Å². The molecule has 0 saturated carbocycles. The molecule has 0 aliphatic heterocycles. The Labute approximate surface area is 98.3 Å². The van der Waals surface area contributed by atoms with E-state index in [0.29, 0.717) is 6.42 Å². The van der Waals surface area contributed by atoms with Crippen LogP contribution in [0.2, 0.25) is 0 Å². The second-order valence-corrected chi connectivity index (χ2v) is 5.05. The van der Waals surface area contributed by atoms with Crippen LogP contribution in [0, 0.1) is 12.0 Å². The summed E-state index contributed by atoms with van der Waals surface area (Å²) in [4.78, 5) is 14.0. The van der Waals surface area contributed by atoms with Crippen LogP contribution in [-0.4, -0.2) is 24.8 Å². The van der Waals surface area contributed by atoms with Gasteiger partial charge in [-0.15, -0.1) is 0 Å². The van der Waals surface area contributed by atoms with Gasteiger partial charge in [-0.05, 0) is 19.5 Å². The number of ketones is 1. The van der Waals surface area contributed by atoms with Gasteiger partial charge in [0.05, 0.1) is 0 Å². The van der Waals surface area contributed by atoms with E-state index in [9.17, 15) is 4.79 Å². The van der Waals surface area contributed by atoms with Crippen molar-refractivity contribution in [2.24, 2.45) is 5.41 Å². The first kappa shape index (κ1) is 12.9. The molecule has 1 rings (SSSR count). The first-order valence-corrected chi connectivity index (χ1v) is 5.51. The van der Waals surface area contributed by atoms with Crippen LogP contribution in [0.25, 0.3) is 0 Å². The van der Waals surface area contributed by atoms with Gasteiger partial charge in [0, 0.05) is 18.5 Å². The summed E-state index contributed by atoms with van der Waals surface area (Å²) in [5.74, 6) is 0.198. The molecule has 0 bridgehead atoms. The lowest BCUT2D eigenvalue weighted by Gasteiger charge is -2.26. The molecular weight excluding hydrogens is 198 g/mol. The Balaban J connectivity index is 2.64. The first-order chi connectivity index (χ1) is 7.41. The van der Waals surface area contributed by atoms with Crippen molar-refractivity contribution >= 4 is 5.78 Å². The largest absolute Gasteiger partial charge is 0.304 e. The van der Waals surface area contributed by atoms with Gasteiger partial charge < -0.3 is 4.90 Å². The highest BCUT2D eigenvalue weighted by atomic mass is 16.1. The van der Waals surface area contributed by atoms with Crippen molar-refractivity contribution in [3.05, 3.63) is 42.4 Å². The van der Waals surface area contributed by atoms with Gasteiger partial charge in [0.25, 0.3) is 0 Å². The van der Waals surface area contributed by atoms with Crippen molar-refractivity contribution in [2.45, 2.75) is 20.3 Å². The number of nitrogens with zero attached hydrogens (tertiary/aromatic N) is 1. The Morgan fingerprint density at radius 3 is 2.31 bits per heavy atom. The van der Waals surface area contributed by atoms with E-state index in [2.05, 4.69) is 20.4 Å². The summed E-state index contributed by atoms with van der Waals surface area (Å²) in [6.45, 7) is 6.23. The predicted molar refractivity (Wildman–Crippen MR) is 67.2 cm³/mol. The molecular formula is C14H20NO. The number of Topliss-reactive ketones (excluding diaryl/α,β-unsaturated/α-hetero) is 1. The molecule has 87 valence electrons. The summed E-state index contributed by atoms with van der Waals surface area (Å²) in [7, 11) is 3.96. The average molecular weight is 218 g/mol. The third-order valence-electron chi connectivity index (χ3n) is 2.32. The molecule has 0 atom stereocenters. The van der Waals surface area contributed by atoms with Crippen molar-refractivity contribution in [1.82, 2.24) is 4.90 Å². The fraction of sp³-hybridized carbons (Fsp3) is 0.429. The number of rotatable bonds is 5. The van der Waals surface area contributed by atoms with E-state index in [0.717, 1.165) is 5.56 Å². The van der Waals surface area contributed by atoms with Crippen LogP contribution in [0.1, 0.15) is 30.6 Å². The standard InChI is InChI=1S/C14H20NO/c1-14(2,11-15(3)4)10-13(16)12-8-6-5-7-9-12/h5-9,11H,10H2,1-4H3. The molecule has 0 spiro atoms. The molecule has 16 heavy (non-hydrogen) atoms. The van der Waals surface area contributed by atoms with Crippen LogP contribution in [0.15, 0.2) is 30.3 Å². The lowest BCUT2D eigenvalue weighted by atomic mass is 9.85. The number of carbonyl (C=O) groups is 1. The summed E-state index contributed by atoms with van der Waals surface area (Å²) < 4.78 is 0. The molecule has 1 aromatic carbocycles. The molecule has 0 aromatic heterocycles. The fourth-order valence-corrected chi connectivity index (χ4v) is 1.88. The maximum absolute atomic E-state index is 12.0. The highest BCUT2D eigenvalue weighted by Gasteiger charge is 2.23. The molecule has 0 heterocycles. The Morgan fingerprint density at radius 2 is 1.81 bits per heavy atom. The maximum atomic E-state index is 12.0. The Kier molecular flexibility index (Phi) is 4.25. The fourth-order valence-electron chi connectivity index (χ4n) is 1.88. The monoisotopic (exact) mass is 218 g/mol. The molecule has 0 aliphatic carbocycles. The van der Waals surface area contributed by atoms with Crippen LogP contribution in [0.4, 0.5) is 0 Å². The van der Waals surface area contributed by atoms with E-state index in [4.69, 9.17) is 0 Å². The van der Waals surface area contributed by atoms with Crippen molar-refractivity contribution in [1.29, 1.82) is 0 Å². The normalized spacial score (nSPS) is 11.8. The van der Waals surface area contributed by atoms with E-state index in [1.807, 2.05) is 49.3 Å². The molecule has 2 nitrogen and oxygen atoms in total. The summed E-state index contributed by atoms with van der Waals surface area (Å²) in [5.41, 5.74) is 0.693. The SMILES string of the molecule is CN(C)[CH]C(C)(C)CC(=O)c1ccccc1. The highest BCUT2D eigenvalue weighted by molar-refractivity contribution is 5.96. The Hall–Kier alpha value is -1.15. The minimum atomic E-state index is -0.101. The van der Waals surface area contributed by atoms with Crippen molar-refractivity contribution in [3.8, 4) is 0 Å². The van der Waals surface area contributed by atoms with Crippen molar-refractivity contribution in [3.63, 3.8) is 0 Å². The number of carbonyl (C=O) groups excluding carboxylic acids is 1. The molecule has 0 saturated heterocycles. The molecule has 0 N–H and O–H groups in total. The molecule has 1 aromatic rings. The third kappa shape index (κ3) is 4.15. The number of hydrogen-bond donors (Lipinski definition) is 0. The third-order valence-corrected chi connectivity index (χ3v) is 2.32. The zero-order chi connectivity index (χ0) is 12.2. The van der Waals surface area contributed by atoms with Crippen molar-refractivity contribution in [2.75, 3.05) is 14.1 Å². The second kappa shape index (κ2) is 5.26. The van der Waals surface area contributed by atoms with E-state index in [-0.39, 0.29) is 11.2 Å². The zero-order valence-electron chi connectivity index (χ0n) is 10.5. The topological polar surface area (TPSA) is 20.3 Å². The van der Waals surface area contributed by atoms with E-state index in [1.54, 1.807) is 0 Å². The smallest absolute Gasteiger partial charge is 0.163 e. The summed E-state index contributed by atoms with van der Waals surface area (Å²) >= 11 is 0. The summed E-state index contributed by atoms with van der Waals surface area (Å²) in [6, 6.07) is 9.46. The van der Waals surface area contributed by atoms with Gasteiger partial charge in [0.1, 0.15) is 0 Å². The van der Waals surface area contributed by atoms with Crippen LogP contribution in [-0.2, 0) is 0 Å². The Bertz CT molecular complexity index is 341. The minimum Gasteiger partial charge on any atom is -0.304 e. The van der Waals surface area contributed by atoms with E-state index in [1.165, 1.54) is 0 Å². The maximum Gasteiger partial charge on any atom is 0.163 e. The minimum absolute atomic E-state index is 0.101. The van der Waals surface area contributed by atoms with Gasteiger partial charge in [-0.2, -0.15) is 0 Å². The molecule has 0 fully saturated rings. The van der Waals surface area contributed by atoms with Crippen LogP contribution in [0.3, 0.4) is 0 Å². The first-order valence-electron chi connectivity index (χ1n) is 5.51. The predicted octanol–water partition coefficient (Wildman–Crippen LogP) is 3.01. The molecule has 1 radical (unpaired) electrons. The lowest BCUT2D eigenvalue weighted by Crippen LogP contribution is -2.25. The number of benzene rings is 1. The highest BCUT2D eigenvalue weighted by Crippen LogP contribution is 2.26. The molecule has 0 amide bonds.